The molecule has 132 valence electrons. The molecule has 0 aliphatic carbocycles. The number of phenolic OH excluding ortho intramolecular Hbond substituents is 1. The van der Waals surface area contributed by atoms with Gasteiger partial charge in [-0.05, 0) is 36.2 Å². The third kappa shape index (κ3) is 2.89. The van der Waals surface area contributed by atoms with Crippen molar-refractivity contribution in [2.45, 2.75) is 11.3 Å². The Morgan fingerprint density at radius 3 is 2.56 bits per heavy atom. The van der Waals surface area contributed by atoms with Gasteiger partial charge in [0.2, 0.25) is 0 Å². The number of benzene rings is 2. The highest BCUT2D eigenvalue weighted by Crippen LogP contribution is 2.34. The molecule has 0 atom stereocenters. The maximum Gasteiger partial charge on any atom is 0.268 e. The number of hydrogen-bond donors (Lipinski definition) is 1. The maximum atomic E-state index is 12.9. The van der Waals surface area contributed by atoms with Crippen LogP contribution in [0, 0.1) is 0 Å². The molecule has 8 heteroatoms. The molecule has 0 saturated carbocycles. The van der Waals surface area contributed by atoms with Crippen LogP contribution in [0.1, 0.15) is 15.9 Å². The topological polar surface area (TPSA) is 93.1 Å². The normalized spacial score (nSPS) is 14.2. The Morgan fingerprint density at radius 1 is 1.12 bits per heavy atom. The molecule has 1 N–H and O–H groups in total. The molecular formula is C17H17NO6S. The molecule has 1 aliphatic rings. The van der Waals surface area contributed by atoms with Gasteiger partial charge in [0.15, 0.2) is 11.5 Å². The van der Waals surface area contributed by atoms with Crippen molar-refractivity contribution in [3.8, 4) is 17.2 Å². The summed E-state index contributed by atoms with van der Waals surface area (Å²) in [5, 5.41) is 9.83. The second-order valence-electron chi connectivity index (χ2n) is 5.49. The molecule has 0 aromatic heterocycles. The average molecular weight is 363 g/mol. The van der Waals surface area contributed by atoms with Gasteiger partial charge in [0.25, 0.3) is 15.9 Å². The van der Waals surface area contributed by atoms with Crippen LogP contribution in [0.4, 0.5) is 0 Å². The first-order valence-electron chi connectivity index (χ1n) is 7.49. The Balaban J connectivity index is 2.03. The summed E-state index contributed by atoms with van der Waals surface area (Å²) >= 11 is 0. The van der Waals surface area contributed by atoms with Crippen LogP contribution in [0.2, 0.25) is 0 Å². The van der Waals surface area contributed by atoms with Gasteiger partial charge in [-0.1, -0.05) is 6.07 Å². The minimum Gasteiger partial charge on any atom is -0.504 e. The second-order valence-corrected chi connectivity index (χ2v) is 7.35. The molecule has 0 radical (unpaired) electrons. The van der Waals surface area contributed by atoms with Crippen molar-refractivity contribution in [2.24, 2.45) is 0 Å². The Hall–Kier alpha value is -2.74. The standard InChI is InChI=1S/C17H17NO6S/c1-23-12-4-3-5-13(9-12)25(21,22)18-7-6-11-8-15(19)16(24-2)10-14(11)17(18)20/h3-5,8-10,19H,6-7H2,1-2H3. The molecule has 0 fully saturated rings. The first kappa shape index (κ1) is 17.1. The Bertz CT molecular complexity index is 938. The lowest BCUT2D eigenvalue weighted by Gasteiger charge is -2.28. The number of rotatable bonds is 4. The van der Waals surface area contributed by atoms with Crippen LogP contribution < -0.4 is 9.47 Å². The van der Waals surface area contributed by atoms with Gasteiger partial charge in [0, 0.05) is 18.2 Å². The lowest BCUT2D eigenvalue weighted by atomic mass is 9.99. The predicted molar refractivity (Wildman–Crippen MR) is 89.6 cm³/mol. The summed E-state index contributed by atoms with van der Waals surface area (Å²) in [5.41, 5.74) is 0.785. The summed E-state index contributed by atoms with van der Waals surface area (Å²) in [6.45, 7) is -0.00283. The van der Waals surface area contributed by atoms with Gasteiger partial charge in [-0.15, -0.1) is 0 Å². The van der Waals surface area contributed by atoms with E-state index >= 15 is 0 Å². The van der Waals surface area contributed by atoms with Crippen molar-refractivity contribution < 1.29 is 27.8 Å². The summed E-state index contributed by atoms with van der Waals surface area (Å²) in [6.07, 6.45) is 0.307. The van der Waals surface area contributed by atoms with Crippen molar-refractivity contribution in [3.05, 3.63) is 47.5 Å². The van der Waals surface area contributed by atoms with E-state index < -0.39 is 15.9 Å². The number of amides is 1. The minimum atomic E-state index is -4.02. The highest BCUT2D eigenvalue weighted by molar-refractivity contribution is 7.89. The molecule has 1 amide bonds. The highest BCUT2D eigenvalue weighted by Gasteiger charge is 2.35. The SMILES string of the molecule is COc1cccc(S(=O)(=O)N2CCc3cc(O)c(OC)cc3C2=O)c1. The number of fused-ring (bicyclic) bond motifs is 1. The van der Waals surface area contributed by atoms with Crippen LogP contribution >= 0.6 is 0 Å². The summed E-state index contributed by atoms with van der Waals surface area (Å²) in [7, 11) is -1.22. The number of ether oxygens (including phenoxy) is 2. The smallest absolute Gasteiger partial charge is 0.268 e. The number of methoxy groups -OCH3 is 2. The van der Waals surface area contributed by atoms with E-state index in [0.717, 1.165) is 4.31 Å². The molecule has 25 heavy (non-hydrogen) atoms. The van der Waals surface area contributed by atoms with Gasteiger partial charge in [0.1, 0.15) is 5.75 Å². The molecule has 0 unspecified atom stereocenters. The predicted octanol–water partition coefficient (Wildman–Crippen LogP) is 1.80. The fourth-order valence-corrected chi connectivity index (χ4v) is 4.18. The molecular weight excluding hydrogens is 346 g/mol. The zero-order valence-corrected chi connectivity index (χ0v) is 14.5. The van der Waals surface area contributed by atoms with Gasteiger partial charge in [0.05, 0.1) is 19.1 Å². The molecule has 0 spiro atoms. The molecule has 3 rings (SSSR count). The minimum absolute atomic E-state index is 0.00283. The summed E-state index contributed by atoms with van der Waals surface area (Å²) in [6, 6.07) is 8.75. The summed E-state index contributed by atoms with van der Waals surface area (Å²) in [4.78, 5) is 12.7. The molecule has 1 aliphatic heterocycles. The fourth-order valence-electron chi connectivity index (χ4n) is 2.76. The molecule has 2 aromatic carbocycles. The molecule has 7 nitrogen and oxygen atoms in total. The number of aromatic hydroxyl groups is 1. The van der Waals surface area contributed by atoms with Crippen LogP contribution in [0.25, 0.3) is 0 Å². The summed E-state index contributed by atoms with van der Waals surface area (Å²) in [5.74, 6) is -0.231. The van der Waals surface area contributed by atoms with E-state index in [1.807, 2.05) is 0 Å². The van der Waals surface area contributed by atoms with Crippen molar-refractivity contribution >= 4 is 15.9 Å². The first-order valence-corrected chi connectivity index (χ1v) is 8.93. The lowest BCUT2D eigenvalue weighted by molar-refractivity contribution is 0.0849. The molecule has 1 heterocycles. The van der Waals surface area contributed by atoms with Crippen LogP contribution in [0.15, 0.2) is 41.3 Å². The van der Waals surface area contributed by atoms with E-state index in [0.29, 0.717) is 17.7 Å². The van der Waals surface area contributed by atoms with Gasteiger partial charge in [-0.3, -0.25) is 4.79 Å². The van der Waals surface area contributed by atoms with E-state index in [1.165, 1.54) is 38.5 Å². The third-order valence-corrected chi connectivity index (χ3v) is 5.85. The molecule has 2 aromatic rings. The van der Waals surface area contributed by atoms with Crippen LogP contribution in [0.5, 0.6) is 17.2 Å². The number of hydrogen-bond acceptors (Lipinski definition) is 6. The quantitative estimate of drug-likeness (QED) is 0.890. The van der Waals surface area contributed by atoms with Gasteiger partial charge < -0.3 is 14.6 Å². The summed E-state index contributed by atoms with van der Waals surface area (Å²) < 4.78 is 36.6. The number of nitrogens with zero attached hydrogens (tertiary/aromatic N) is 1. The Morgan fingerprint density at radius 2 is 1.88 bits per heavy atom. The number of sulfonamides is 1. The number of carbonyl (C=O) groups excluding carboxylic acids is 1. The van der Waals surface area contributed by atoms with Crippen molar-refractivity contribution in [1.82, 2.24) is 4.31 Å². The van der Waals surface area contributed by atoms with Crippen molar-refractivity contribution in [2.75, 3.05) is 20.8 Å². The van der Waals surface area contributed by atoms with Gasteiger partial charge in [-0.25, -0.2) is 12.7 Å². The highest BCUT2D eigenvalue weighted by atomic mass is 32.2. The monoisotopic (exact) mass is 363 g/mol. The largest absolute Gasteiger partial charge is 0.504 e. The van der Waals surface area contributed by atoms with E-state index in [1.54, 1.807) is 12.1 Å². The van der Waals surface area contributed by atoms with Crippen molar-refractivity contribution in [3.63, 3.8) is 0 Å². The van der Waals surface area contributed by atoms with Crippen LogP contribution in [-0.4, -0.2) is 44.5 Å². The third-order valence-electron chi connectivity index (χ3n) is 4.08. The zero-order valence-electron chi connectivity index (χ0n) is 13.7. The fraction of sp³-hybridized carbons (Fsp3) is 0.235. The average Bonchev–Trinajstić information content (AvgIpc) is 2.61. The van der Waals surface area contributed by atoms with Crippen LogP contribution in [-0.2, 0) is 16.4 Å². The van der Waals surface area contributed by atoms with E-state index in [2.05, 4.69) is 0 Å². The zero-order chi connectivity index (χ0) is 18.2. The van der Waals surface area contributed by atoms with E-state index in [-0.39, 0.29) is 28.5 Å². The van der Waals surface area contributed by atoms with Crippen LogP contribution in [0.3, 0.4) is 0 Å². The lowest BCUT2D eigenvalue weighted by Crippen LogP contribution is -2.41. The maximum absolute atomic E-state index is 12.9. The molecule has 0 bridgehead atoms. The number of phenols is 1. The molecule has 0 saturated heterocycles. The van der Waals surface area contributed by atoms with Gasteiger partial charge in [-0.2, -0.15) is 0 Å². The Kier molecular flexibility index (Phi) is 4.30. The van der Waals surface area contributed by atoms with Gasteiger partial charge >= 0.3 is 0 Å². The Labute approximate surface area is 145 Å². The first-order chi connectivity index (χ1) is 11.9. The van der Waals surface area contributed by atoms with E-state index in [9.17, 15) is 18.3 Å². The number of carbonyl (C=O) groups is 1. The van der Waals surface area contributed by atoms with E-state index in [4.69, 9.17) is 9.47 Å². The van der Waals surface area contributed by atoms with Crippen molar-refractivity contribution in [1.29, 1.82) is 0 Å². The second kappa shape index (κ2) is 6.29.